The minimum absolute atomic E-state index is 0.0963. The summed E-state index contributed by atoms with van der Waals surface area (Å²) in [5.41, 5.74) is 9.28. The first kappa shape index (κ1) is 28.7. The summed E-state index contributed by atoms with van der Waals surface area (Å²) in [6, 6.07) is 43.1. The summed E-state index contributed by atoms with van der Waals surface area (Å²) in [5, 5.41) is 1.08. The van der Waals surface area contributed by atoms with Gasteiger partial charge in [-0.05, 0) is 47.9 Å². The molecule has 9 rings (SSSR count). The van der Waals surface area contributed by atoms with Gasteiger partial charge in [-0.2, -0.15) is 0 Å². The Labute approximate surface area is 283 Å². The molecule has 0 bridgehead atoms. The number of aromatic nitrogens is 5. The topological polar surface area (TPSA) is 77.6 Å². The molecule has 0 saturated carbocycles. The third kappa shape index (κ3) is 5.49. The predicted molar refractivity (Wildman–Crippen MR) is 196 cm³/mol. The van der Waals surface area contributed by atoms with E-state index in [1.807, 2.05) is 72.9 Å². The van der Waals surface area contributed by atoms with Crippen LogP contribution in [0, 0.1) is 0 Å². The third-order valence-corrected chi connectivity index (χ3v) is 8.91. The Morgan fingerprint density at radius 2 is 1.24 bits per heavy atom. The van der Waals surface area contributed by atoms with Gasteiger partial charge >= 0.3 is 0 Å². The Kier molecular flexibility index (Phi) is 7.17. The second-order valence-electron chi connectivity index (χ2n) is 12.1. The zero-order chi connectivity index (χ0) is 32.6. The van der Waals surface area contributed by atoms with E-state index in [2.05, 4.69) is 85.0 Å². The maximum absolute atomic E-state index is 6.44. The van der Waals surface area contributed by atoms with Crippen LogP contribution in [-0.4, -0.2) is 24.9 Å². The number of hydrogen-bond acceptors (Lipinski definition) is 6. The quantitative estimate of drug-likeness (QED) is 0.182. The highest BCUT2D eigenvalue weighted by Crippen LogP contribution is 2.38. The molecule has 5 aromatic carbocycles. The van der Waals surface area contributed by atoms with E-state index in [0.29, 0.717) is 23.1 Å². The average Bonchev–Trinajstić information content (AvgIpc) is 3.63. The highest BCUT2D eigenvalue weighted by molar-refractivity contribution is 6.00. The van der Waals surface area contributed by atoms with E-state index < -0.39 is 0 Å². The molecule has 49 heavy (non-hydrogen) atoms. The summed E-state index contributed by atoms with van der Waals surface area (Å²) >= 11 is 0. The SMILES string of the molecule is C1=CCC(c2nc(-c3ccccc3)nc(-c3ccc(-c4cc(-c5cccc6cccnc56)cc5oc(-c6ccccc6)nc45)cc3)n2)C=C1. The van der Waals surface area contributed by atoms with Crippen LogP contribution in [0.15, 0.2) is 162 Å². The number of allylic oxidation sites excluding steroid dienone is 4. The van der Waals surface area contributed by atoms with Gasteiger partial charge in [0.2, 0.25) is 5.89 Å². The Bertz CT molecular complexity index is 2510. The van der Waals surface area contributed by atoms with E-state index in [4.69, 9.17) is 29.3 Å². The van der Waals surface area contributed by atoms with Crippen LogP contribution in [0.2, 0.25) is 0 Å². The van der Waals surface area contributed by atoms with Gasteiger partial charge in [-0.25, -0.2) is 19.9 Å². The molecule has 8 aromatic rings. The number of oxazole rings is 1. The molecule has 232 valence electrons. The zero-order valence-electron chi connectivity index (χ0n) is 26.4. The Hall–Kier alpha value is -6.53. The van der Waals surface area contributed by atoms with Crippen LogP contribution in [-0.2, 0) is 0 Å². The minimum atomic E-state index is 0.0963. The van der Waals surface area contributed by atoms with Gasteiger partial charge in [-0.15, -0.1) is 0 Å². The molecule has 0 spiro atoms. The molecule has 0 fully saturated rings. The molecule has 0 amide bonds. The van der Waals surface area contributed by atoms with Crippen molar-refractivity contribution in [1.82, 2.24) is 24.9 Å². The second kappa shape index (κ2) is 12.2. The molecule has 6 nitrogen and oxygen atoms in total. The monoisotopic (exact) mass is 631 g/mol. The molecule has 1 unspecified atom stereocenters. The van der Waals surface area contributed by atoms with Gasteiger partial charge in [0.25, 0.3) is 0 Å². The van der Waals surface area contributed by atoms with Crippen molar-refractivity contribution in [3.63, 3.8) is 0 Å². The smallest absolute Gasteiger partial charge is 0.227 e. The number of fused-ring (bicyclic) bond motifs is 2. The van der Waals surface area contributed by atoms with Crippen molar-refractivity contribution in [2.45, 2.75) is 12.3 Å². The Morgan fingerprint density at radius 1 is 0.531 bits per heavy atom. The molecule has 0 radical (unpaired) electrons. The number of hydrogen-bond donors (Lipinski definition) is 0. The molecule has 3 heterocycles. The van der Waals surface area contributed by atoms with Crippen LogP contribution in [0.3, 0.4) is 0 Å². The van der Waals surface area contributed by atoms with E-state index in [-0.39, 0.29) is 5.92 Å². The van der Waals surface area contributed by atoms with Crippen LogP contribution in [0.4, 0.5) is 0 Å². The lowest BCUT2D eigenvalue weighted by Gasteiger charge is -2.14. The van der Waals surface area contributed by atoms with Crippen LogP contribution in [0.5, 0.6) is 0 Å². The summed E-state index contributed by atoms with van der Waals surface area (Å²) in [6.07, 6.45) is 11.1. The van der Waals surface area contributed by atoms with E-state index in [1.54, 1.807) is 0 Å². The molecule has 0 N–H and O–H groups in total. The lowest BCUT2D eigenvalue weighted by atomic mass is 9.95. The lowest BCUT2D eigenvalue weighted by Crippen LogP contribution is -2.07. The average molecular weight is 632 g/mol. The molecule has 1 atom stereocenters. The van der Waals surface area contributed by atoms with Crippen molar-refractivity contribution in [2.75, 3.05) is 0 Å². The first-order chi connectivity index (χ1) is 24.3. The van der Waals surface area contributed by atoms with Gasteiger partial charge in [-0.1, -0.05) is 121 Å². The summed E-state index contributed by atoms with van der Waals surface area (Å²) in [5.74, 6) is 2.76. The molecular weight excluding hydrogens is 603 g/mol. The number of rotatable bonds is 6. The largest absolute Gasteiger partial charge is 0.436 e. The summed E-state index contributed by atoms with van der Waals surface area (Å²) in [4.78, 5) is 24.6. The van der Waals surface area contributed by atoms with Crippen LogP contribution in [0.25, 0.3) is 78.5 Å². The van der Waals surface area contributed by atoms with Crippen molar-refractivity contribution in [3.05, 3.63) is 164 Å². The number of nitrogens with zero attached hydrogens (tertiary/aromatic N) is 5. The van der Waals surface area contributed by atoms with Crippen LogP contribution >= 0.6 is 0 Å². The van der Waals surface area contributed by atoms with Gasteiger partial charge in [0.1, 0.15) is 11.3 Å². The van der Waals surface area contributed by atoms with E-state index in [1.165, 1.54) is 0 Å². The highest BCUT2D eigenvalue weighted by atomic mass is 16.3. The fourth-order valence-electron chi connectivity index (χ4n) is 6.42. The molecule has 1 aliphatic carbocycles. The predicted octanol–water partition coefficient (Wildman–Crippen LogP) is 10.5. The molecule has 6 heteroatoms. The van der Waals surface area contributed by atoms with Crippen molar-refractivity contribution in [1.29, 1.82) is 0 Å². The summed E-state index contributed by atoms with van der Waals surface area (Å²) < 4.78 is 6.44. The van der Waals surface area contributed by atoms with Crippen molar-refractivity contribution in [2.24, 2.45) is 0 Å². The molecule has 0 saturated heterocycles. The van der Waals surface area contributed by atoms with Gasteiger partial charge < -0.3 is 4.42 Å². The van der Waals surface area contributed by atoms with Gasteiger partial charge in [-0.3, -0.25) is 4.98 Å². The van der Waals surface area contributed by atoms with E-state index in [0.717, 1.165) is 67.6 Å². The summed E-state index contributed by atoms with van der Waals surface area (Å²) in [7, 11) is 0. The van der Waals surface area contributed by atoms with Crippen LogP contribution in [0.1, 0.15) is 18.2 Å². The molecular formula is C43H29N5O. The van der Waals surface area contributed by atoms with Crippen molar-refractivity contribution in [3.8, 4) is 56.5 Å². The molecule has 1 aliphatic rings. The standard InChI is InChI=1S/C43H29N5O/c1-4-12-30(13-5-1)40-46-41(31-14-6-2-7-15-31)48-42(47-40)32-23-21-28(22-24-32)36-26-34(35-20-10-18-29-19-11-25-44-38(29)35)27-37-39(36)45-43(49-37)33-16-8-3-9-17-33/h1-14,16-27,31H,15H2. The van der Waals surface area contributed by atoms with Crippen molar-refractivity contribution < 1.29 is 4.42 Å². The minimum Gasteiger partial charge on any atom is -0.436 e. The molecule has 3 aromatic heterocycles. The normalized spacial score (nSPS) is 14.1. The number of para-hydroxylation sites is 1. The zero-order valence-corrected chi connectivity index (χ0v) is 26.4. The summed E-state index contributed by atoms with van der Waals surface area (Å²) in [6.45, 7) is 0. The van der Waals surface area contributed by atoms with Gasteiger partial charge in [0.15, 0.2) is 17.2 Å². The fraction of sp³-hybridized carbons (Fsp3) is 0.0465. The van der Waals surface area contributed by atoms with Gasteiger partial charge in [0.05, 0.1) is 5.52 Å². The van der Waals surface area contributed by atoms with Gasteiger partial charge in [0, 0.05) is 45.3 Å². The second-order valence-corrected chi connectivity index (χ2v) is 12.1. The first-order valence-electron chi connectivity index (χ1n) is 16.4. The lowest BCUT2D eigenvalue weighted by molar-refractivity contribution is 0.620. The third-order valence-electron chi connectivity index (χ3n) is 8.91. The van der Waals surface area contributed by atoms with E-state index >= 15 is 0 Å². The first-order valence-corrected chi connectivity index (χ1v) is 16.4. The van der Waals surface area contributed by atoms with Crippen LogP contribution < -0.4 is 0 Å². The molecule has 0 aliphatic heterocycles. The van der Waals surface area contributed by atoms with E-state index in [9.17, 15) is 0 Å². The van der Waals surface area contributed by atoms with Crippen molar-refractivity contribution >= 4 is 22.0 Å². The highest BCUT2D eigenvalue weighted by Gasteiger charge is 2.19. The maximum Gasteiger partial charge on any atom is 0.227 e. The number of pyridine rings is 1. The Balaban J connectivity index is 1.18. The fourth-order valence-corrected chi connectivity index (χ4v) is 6.42. The maximum atomic E-state index is 6.44. The number of benzene rings is 5. The Morgan fingerprint density at radius 3 is 2.00 bits per heavy atom.